The van der Waals surface area contributed by atoms with Gasteiger partial charge in [0.1, 0.15) is 13.2 Å². The second-order valence-electron chi connectivity index (χ2n) is 14.9. The van der Waals surface area contributed by atoms with Crippen molar-refractivity contribution >= 4 is 17.9 Å². The van der Waals surface area contributed by atoms with Gasteiger partial charge in [-0.2, -0.15) is 0 Å². The highest BCUT2D eigenvalue weighted by atomic mass is 16.6. The molecule has 6 nitrogen and oxygen atoms in total. The van der Waals surface area contributed by atoms with Crippen molar-refractivity contribution in [3.8, 4) is 0 Å². The molecule has 312 valence electrons. The summed E-state index contributed by atoms with van der Waals surface area (Å²) in [5.41, 5.74) is 0. The average molecular weight is 757 g/mol. The highest BCUT2D eigenvalue weighted by Gasteiger charge is 2.19. The number of rotatable bonds is 40. The van der Waals surface area contributed by atoms with E-state index in [2.05, 4.69) is 69.4 Å². The molecule has 0 heterocycles. The zero-order valence-corrected chi connectivity index (χ0v) is 35.5. The molecular weight excluding hydrogens is 673 g/mol. The molecule has 0 saturated carbocycles. The highest BCUT2D eigenvalue weighted by molar-refractivity contribution is 5.71. The fourth-order valence-corrected chi connectivity index (χ4v) is 6.14. The quantitative estimate of drug-likeness (QED) is 0.0268. The molecule has 1 atom stereocenters. The van der Waals surface area contributed by atoms with E-state index in [0.29, 0.717) is 19.3 Å². The minimum atomic E-state index is -0.779. The van der Waals surface area contributed by atoms with Gasteiger partial charge < -0.3 is 14.2 Å². The minimum Gasteiger partial charge on any atom is -0.462 e. The number of carbonyl (C=O) groups excluding carboxylic acids is 3. The molecule has 0 aliphatic carbocycles. The van der Waals surface area contributed by atoms with Crippen LogP contribution in [0.5, 0.6) is 0 Å². The Morgan fingerprint density at radius 3 is 1.20 bits per heavy atom. The van der Waals surface area contributed by atoms with Crippen LogP contribution in [0.4, 0.5) is 0 Å². The van der Waals surface area contributed by atoms with Gasteiger partial charge in [0.05, 0.1) is 0 Å². The Balaban J connectivity index is 4.39. The number of ether oxygens (including phenoxy) is 3. The maximum atomic E-state index is 12.7. The third-order valence-corrected chi connectivity index (χ3v) is 9.57. The summed E-state index contributed by atoms with van der Waals surface area (Å²) < 4.78 is 16.7. The van der Waals surface area contributed by atoms with Crippen molar-refractivity contribution in [3.63, 3.8) is 0 Å². The van der Waals surface area contributed by atoms with Gasteiger partial charge in [0.2, 0.25) is 0 Å². The summed E-state index contributed by atoms with van der Waals surface area (Å²) in [5, 5.41) is 0. The van der Waals surface area contributed by atoms with E-state index in [0.717, 1.165) is 109 Å². The molecule has 0 aliphatic rings. The van der Waals surface area contributed by atoms with Crippen molar-refractivity contribution in [1.82, 2.24) is 0 Å². The second-order valence-corrected chi connectivity index (χ2v) is 14.9. The average Bonchev–Trinajstić information content (AvgIpc) is 3.17. The largest absolute Gasteiger partial charge is 0.462 e. The smallest absolute Gasteiger partial charge is 0.306 e. The molecule has 0 aromatic heterocycles. The molecule has 0 aromatic carbocycles. The summed E-state index contributed by atoms with van der Waals surface area (Å²) in [7, 11) is 0. The van der Waals surface area contributed by atoms with E-state index in [4.69, 9.17) is 14.2 Å². The van der Waals surface area contributed by atoms with Crippen LogP contribution >= 0.6 is 0 Å². The Kier molecular flexibility index (Phi) is 41.0. The van der Waals surface area contributed by atoms with Gasteiger partial charge in [0, 0.05) is 19.3 Å². The normalized spacial score (nSPS) is 12.4. The van der Waals surface area contributed by atoms with Crippen molar-refractivity contribution in [3.05, 3.63) is 48.6 Å². The van der Waals surface area contributed by atoms with Gasteiger partial charge in [0.25, 0.3) is 0 Å². The van der Waals surface area contributed by atoms with Gasteiger partial charge in [0.15, 0.2) is 6.10 Å². The zero-order valence-electron chi connectivity index (χ0n) is 35.5. The standard InChI is InChI=1S/C48H84O6/c1-4-7-10-13-16-19-22-23-24-25-27-29-32-35-38-41-47(50)53-44-45(43-52-46(49)40-37-34-31-28-21-18-15-12-9-6-3)54-48(51)42-39-36-33-30-26-20-17-14-11-8-5-2/h7,10,14,16-17,19,23-24,45H,4-6,8-9,11-13,15,18,20-22,25-44H2,1-3H3/b10-7-,17-14-,19-16-,24-23-. The summed E-state index contributed by atoms with van der Waals surface area (Å²) in [5.74, 6) is -0.911. The molecule has 6 heteroatoms. The van der Waals surface area contributed by atoms with Crippen LogP contribution in [0.25, 0.3) is 0 Å². The maximum Gasteiger partial charge on any atom is 0.306 e. The number of hydrogen-bond donors (Lipinski definition) is 0. The van der Waals surface area contributed by atoms with Gasteiger partial charge in [-0.25, -0.2) is 0 Å². The number of carbonyl (C=O) groups is 3. The SMILES string of the molecule is CC/C=C\C/C=C\C/C=C\CCCCCCCC(=O)OCC(COC(=O)CCCCCCCCCCCC)OC(=O)CCCCCCC/C=C\CCCC. The lowest BCUT2D eigenvalue weighted by Gasteiger charge is -2.18. The first kappa shape index (κ1) is 51.4. The molecule has 1 unspecified atom stereocenters. The molecule has 0 spiro atoms. The number of unbranched alkanes of at least 4 members (excludes halogenated alkanes) is 21. The third kappa shape index (κ3) is 40.6. The molecular formula is C48H84O6. The van der Waals surface area contributed by atoms with E-state index >= 15 is 0 Å². The van der Waals surface area contributed by atoms with Gasteiger partial charge >= 0.3 is 17.9 Å². The van der Waals surface area contributed by atoms with E-state index in [9.17, 15) is 14.4 Å². The second kappa shape index (κ2) is 43.1. The molecule has 0 saturated heterocycles. The molecule has 0 rings (SSSR count). The van der Waals surface area contributed by atoms with E-state index < -0.39 is 6.10 Å². The Bertz CT molecular complexity index is 964. The van der Waals surface area contributed by atoms with Crippen LogP contribution in [0.1, 0.15) is 220 Å². The predicted molar refractivity (Wildman–Crippen MR) is 229 cm³/mol. The Morgan fingerprint density at radius 2 is 0.741 bits per heavy atom. The first-order valence-electron chi connectivity index (χ1n) is 22.6. The molecule has 0 aromatic rings. The van der Waals surface area contributed by atoms with E-state index in [-0.39, 0.29) is 31.1 Å². The zero-order chi connectivity index (χ0) is 39.4. The topological polar surface area (TPSA) is 78.9 Å². The predicted octanol–water partition coefficient (Wildman–Crippen LogP) is 14.4. The van der Waals surface area contributed by atoms with E-state index in [1.165, 1.54) is 70.6 Å². The van der Waals surface area contributed by atoms with Gasteiger partial charge in [-0.1, -0.05) is 179 Å². The van der Waals surface area contributed by atoms with Crippen molar-refractivity contribution in [1.29, 1.82) is 0 Å². The van der Waals surface area contributed by atoms with Crippen LogP contribution in [0.15, 0.2) is 48.6 Å². The van der Waals surface area contributed by atoms with Crippen molar-refractivity contribution in [2.24, 2.45) is 0 Å². The highest BCUT2D eigenvalue weighted by Crippen LogP contribution is 2.14. The molecule has 0 amide bonds. The number of hydrogen-bond acceptors (Lipinski definition) is 6. The summed E-state index contributed by atoms with van der Waals surface area (Å²) in [6.45, 7) is 6.44. The summed E-state index contributed by atoms with van der Waals surface area (Å²) >= 11 is 0. The lowest BCUT2D eigenvalue weighted by molar-refractivity contribution is -0.167. The molecule has 0 fully saturated rings. The Morgan fingerprint density at radius 1 is 0.389 bits per heavy atom. The Labute approximate surface area is 333 Å². The van der Waals surface area contributed by atoms with Crippen LogP contribution in [0.3, 0.4) is 0 Å². The fraction of sp³-hybridized carbons (Fsp3) is 0.771. The Hall–Kier alpha value is -2.63. The summed E-state index contributed by atoms with van der Waals surface area (Å²) in [6.07, 6.45) is 49.5. The van der Waals surface area contributed by atoms with E-state index in [1.807, 2.05) is 0 Å². The lowest BCUT2D eigenvalue weighted by Crippen LogP contribution is -2.30. The lowest BCUT2D eigenvalue weighted by atomic mass is 10.1. The molecule has 0 bridgehead atoms. The monoisotopic (exact) mass is 757 g/mol. The van der Waals surface area contributed by atoms with Crippen molar-refractivity contribution < 1.29 is 28.6 Å². The molecule has 0 N–H and O–H groups in total. The van der Waals surface area contributed by atoms with Crippen LogP contribution in [-0.2, 0) is 28.6 Å². The molecule has 0 radical (unpaired) electrons. The fourth-order valence-electron chi connectivity index (χ4n) is 6.14. The molecule has 0 aliphatic heterocycles. The molecule has 54 heavy (non-hydrogen) atoms. The third-order valence-electron chi connectivity index (χ3n) is 9.57. The summed E-state index contributed by atoms with van der Waals surface area (Å²) in [6, 6.07) is 0. The van der Waals surface area contributed by atoms with Gasteiger partial charge in [-0.3, -0.25) is 14.4 Å². The van der Waals surface area contributed by atoms with Crippen LogP contribution in [-0.4, -0.2) is 37.2 Å². The van der Waals surface area contributed by atoms with Gasteiger partial charge in [-0.05, 0) is 70.6 Å². The van der Waals surface area contributed by atoms with Crippen LogP contribution < -0.4 is 0 Å². The van der Waals surface area contributed by atoms with Crippen molar-refractivity contribution in [2.75, 3.05) is 13.2 Å². The summed E-state index contributed by atoms with van der Waals surface area (Å²) in [4.78, 5) is 37.7. The maximum absolute atomic E-state index is 12.7. The van der Waals surface area contributed by atoms with Crippen molar-refractivity contribution in [2.45, 2.75) is 226 Å². The van der Waals surface area contributed by atoms with Crippen LogP contribution in [0.2, 0.25) is 0 Å². The minimum absolute atomic E-state index is 0.0809. The number of esters is 3. The van der Waals surface area contributed by atoms with Gasteiger partial charge in [-0.15, -0.1) is 0 Å². The van der Waals surface area contributed by atoms with E-state index in [1.54, 1.807) is 0 Å². The van der Waals surface area contributed by atoms with Crippen LogP contribution in [0, 0.1) is 0 Å². The first-order chi connectivity index (χ1) is 26.5. The first-order valence-corrected chi connectivity index (χ1v) is 22.6. The number of allylic oxidation sites excluding steroid dienone is 8.